The number of rotatable bonds is 5. The zero-order chi connectivity index (χ0) is 19.7. The summed E-state index contributed by atoms with van der Waals surface area (Å²) in [6.45, 7) is 0. The van der Waals surface area contributed by atoms with Gasteiger partial charge in [0, 0.05) is 0 Å². The van der Waals surface area contributed by atoms with Crippen molar-refractivity contribution in [2.45, 2.75) is 10.5 Å². The molecule has 3 rings (SSSR count). The molecule has 0 radical (unpaired) electrons. The molecule has 0 saturated heterocycles. The summed E-state index contributed by atoms with van der Waals surface area (Å²) < 4.78 is 65.3. The Balaban J connectivity index is 2.10. The predicted molar refractivity (Wildman–Crippen MR) is 94.3 cm³/mol. The van der Waals surface area contributed by atoms with E-state index in [-0.39, 0.29) is 16.0 Å². The fourth-order valence-electron chi connectivity index (χ4n) is 2.78. The van der Waals surface area contributed by atoms with E-state index in [2.05, 4.69) is 0 Å². The molecular formula is C20H15F3O3S. The highest BCUT2D eigenvalue weighted by atomic mass is 32.2. The molecule has 0 fully saturated rings. The van der Waals surface area contributed by atoms with Crippen LogP contribution in [0, 0.1) is 17.5 Å². The van der Waals surface area contributed by atoms with Crippen LogP contribution in [0.5, 0.6) is 0 Å². The molecule has 0 amide bonds. The second-order valence-corrected chi connectivity index (χ2v) is 8.08. The van der Waals surface area contributed by atoms with Gasteiger partial charge >= 0.3 is 0 Å². The van der Waals surface area contributed by atoms with E-state index < -0.39 is 38.6 Å². The van der Waals surface area contributed by atoms with Gasteiger partial charge < -0.3 is 5.11 Å². The molecule has 0 heterocycles. The van der Waals surface area contributed by atoms with E-state index in [1.165, 1.54) is 24.3 Å². The zero-order valence-corrected chi connectivity index (χ0v) is 14.8. The molecule has 0 bridgehead atoms. The molecule has 3 nitrogen and oxygen atoms in total. The molecule has 3 aromatic carbocycles. The molecule has 0 spiro atoms. The Labute approximate surface area is 154 Å². The number of halogens is 3. The summed E-state index contributed by atoms with van der Waals surface area (Å²) in [5, 5.41) is 11.3. The highest BCUT2D eigenvalue weighted by Gasteiger charge is 2.37. The maximum atomic E-state index is 13.3. The van der Waals surface area contributed by atoms with Crippen molar-refractivity contribution in [3.05, 3.63) is 101 Å². The maximum absolute atomic E-state index is 13.3. The van der Waals surface area contributed by atoms with Crippen molar-refractivity contribution in [1.82, 2.24) is 0 Å². The third kappa shape index (κ3) is 4.04. The first-order valence-electron chi connectivity index (χ1n) is 7.93. The summed E-state index contributed by atoms with van der Waals surface area (Å²) in [6.07, 6.45) is 0. The van der Waals surface area contributed by atoms with Gasteiger partial charge in [0.2, 0.25) is 0 Å². The fourth-order valence-corrected chi connectivity index (χ4v) is 4.39. The SMILES string of the molecule is O=S(=O)(CC(O)(c1ccc(F)cc1)c1ccc(F)cc1)c1ccc(F)cc1. The molecule has 0 aliphatic carbocycles. The van der Waals surface area contributed by atoms with Crippen LogP contribution in [0.15, 0.2) is 77.7 Å². The largest absolute Gasteiger partial charge is 0.379 e. The highest BCUT2D eigenvalue weighted by Crippen LogP contribution is 2.33. The van der Waals surface area contributed by atoms with Gasteiger partial charge in [-0.1, -0.05) is 24.3 Å². The summed E-state index contributed by atoms with van der Waals surface area (Å²) >= 11 is 0. The Hall–Kier alpha value is -2.64. The smallest absolute Gasteiger partial charge is 0.181 e. The number of aliphatic hydroxyl groups is 1. The summed E-state index contributed by atoms with van der Waals surface area (Å²) in [4.78, 5) is -0.174. The van der Waals surface area contributed by atoms with Gasteiger partial charge in [-0.2, -0.15) is 0 Å². The molecule has 0 unspecified atom stereocenters. The summed E-state index contributed by atoms with van der Waals surface area (Å²) in [6, 6.07) is 13.6. The van der Waals surface area contributed by atoms with Crippen molar-refractivity contribution in [3.63, 3.8) is 0 Å². The number of benzene rings is 3. The molecule has 0 aliphatic rings. The van der Waals surface area contributed by atoms with Gasteiger partial charge in [-0.15, -0.1) is 0 Å². The van der Waals surface area contributed by atoms with Crippen molar-refractivity contribution in [2.24, 2.45) is 0 Å². The van der Waals surface area contributed by atoms with Crippen LogP contribution in [0.2, 0.25) is 0 Å². The van der Waals surface area contributed by atoms with Crippen LogP contribution < -0.4 is 0 Å². The van der Waals surface area contributed by atoms with E-state index >= 15 is 0 Å². The van der Waals surface area contributed by atoms with Crippen molar-refractivity contribution < 1.29 is 26.7 Å². The Morgan fingerprint density at radius 3 is 1.37 bits per heavy atom. The third-order valence-corrected chi connectivity index (χ3v) is 6.00. The minimum atomic E-state index is -4.06. The topological polar surface area (TPSA) is 54.4 Å². The lowest BCUT2D eigenvalue weighted by molar-refractivity contribution is 0.105. The summed E-state index contributed by atoms with van der Waals surface area (Å²) in [5.41, 5.74) is -1.81. The van der Waals surface area contributed by atoms with E-state index in [0.717, 1.165) is 48.5 Å². The number of sulfone groups is 1. The third-order valence-electron chi connectivity index (χ3n) is 4.22. The van der Waals surface area contributed by atoms with Crippen LogP contribution in [0.1, 0.15) is 11.1 Å². The summed E-state index contributed by atoms with van der Waals surface area (Å²) in [7, 11) is -4.06. The van der Waals surface area contributed by atoms with Gasteiger partial charge in [-0.25, -0.2) is 21.6 Å². The molecule has 0 saturated carbocycles. The number of hydrogen-bond donors (Lipinski definition) is 1. The molecule has 3 aromatic rings. The lowest BCUT2D eigenvalue weighted by atomic mass is 9.88. The molecule has 0 aromatic heterocycles. The van der Waals surface area contributed by atoms with Crippen LogP contribution in [0.3, 0.4) is 0 Å². The molecule has 0 aliphatic heterocycles. The Kier molecular flexibility index (Phi) is 5.08. The molecule has 1 N–H and O–H groups in total. The Bertz CT molecular complexity index is 984. The quantitative estimate of drug-likeness (QED) is 0.672. The lowest BCUT2D eigenvalue weighted by Gasteiger charge is -2.29. The van der Waals surface area contributed by atoms with E-state index in [4.69, 9.17) is 0 Å². The van der Waals surface area contributed by atoms with Crippen LogP contribution in [0.4, 0.5) is 13.2 Å². The zero-order valence-electron chi connectivity index (χ0n) is 13.9. The Morgan fingerprint density at radius 1 is 0.667 bits per heavy atom. The summed E-state index contributed by atoms with van der Waals surface area (Å²) in [5.74, 6) is -2.49. The van der Waals surface area contributed by atoms with E-state index in [0.29, 0.717) is 0 Å². The minimum Gasteiger partial charge on any atom is -0.379 e. The highest BCUT2D eigenvalue weighted by molar-refractivity contribution is 7.91. The predicted octanol–water partition coefficient (Wildman–Crippen LogP) is 3.81. The molecule has 0 atom stereocenters. The van der Waals surface area contributed by atoms with Crippen LogP contribution >= 0.6 is 0 Å². The molecule has 27 heavy (non-hydrogen) atoms. The second kappa shape index (κ2) is 7.17. The van der Waals surface area contributed by atoms with Crippen LogP contribution in [0.25, 0.3) is 0 Å². The van der Waals surface area contributed by atoms with Gasteiger partial charge in [-0.3, -0.25) is 0 Å². The van der Waals surface area contributed by atoms with Gasteiger partial charge in [0.15, 0.2) is 9.84 Å². The Morgan fingerprint density at radius 2 is 1.00 bits per heavy atom. The van der Waals surface area contributed by atoms with Crippen molar-refractivity contribution in [3.8, 4) is 0 Å². The first kappa shape index (κ1) is 19.1. The van der Waals surface area contributed by atoms with Gasteiger partial charge in [-0.05, 0) is 59.7 Å². The molecular weight excluding hydrogens is 377 g/mol. The first-order valence-corrected chi connectivity index (χ1v) is 9.59. The number of hydrogen-bond acceptors (Lipinski definition) is 3. The van der Waals surface area contributed by atoms with Crippen molar-refractivity contribution >= 4 is 9.84 Å². The average molecular weight is 392 g/mol. The van der Waals surface area contributed by atoms with Crippen molar-refractivity contribution in [1.29, 1.82) is 0 Å². The first-order chi connectivity index (χ1) is 12.7. The standard InChI is InChI=1S/C20H15F3O3S/c21-16-5-1-14(2-6-16)20(24,15-3-7-17(22)8-4-15)13-27(25,26)19-11-9-18(23)10-12-19/h1-12,24H,13H2. The second-order valence-electron chi connectivity index (χ2n) is 6.09. The molecule has 7 heteroatoms. The lowest BCUT2D eigenvalue weighted by Crippen LogP contribution is -2.36. The maximum Gasteiger partial charge on any atom is 0.181 e. The minimum absolute atomic E-state index is 0.126. The monoisotopic (exact) mass is 392 g/mol. The van der Waals surface area contributed by atoms with E-state index in [1.807, 2.05) is 0 Å². The van der Waals surface area contributed by atoms with Crippen LogP contribution in [-0.4, -0.2) is 19.3 Å². The normalized spacial score (nSPS) is 12.1. The van der Waals surface area contributed by atoms with E-state index in [9.17, 15) is 26.7 Å². The van der Waals surface area contributed by atoms with E-state index in [1.54, 1.807) is 0 Å². The van der Waals surface area contributed by atoms with Gasteiger partial charge in [0.1, 0.15) is 23.1 Å². The van der Waals surface area contributed by atoms with Gasteiger partial charge in [0.25, 0.3) is 0 Å². The van der Waals surface area contributed by atoms with Crippen LogP contribution in [-0.2, 0) is 15.4 Å². The average Bonchev–Trinajstić information content (AvgIpc) is 2.62. The van der Waals surface area contributed by atoms with Crippen molar-refractivity contribution in [2.75, 3.05) is 5.75 Å². The van der Waals surface area contributed by atoms with Gasteiger partial charge in [0.05, 0.1) is 10.6 Å². The fraction of sp³-hybridized carbons (Fsp3) is 0.100. The molecule has 140 valence electrons.